The summed E-state index contributed by atoms with van der Waals surface area (Å²) in [5.74, 6) is -5.48. The zero-order chi connectivity index (χ0) is 10.2. The number of hydrogen-bond acceptors (Lipinski definition) is 2. The van der Waals surface area contributed by atoms with Crippen molar-refractivity contribution in [3.8, 4) is 5.75 Å². The molecule has 0 atom stereocenters. The van der Waals surface area contributed by atoms with E-state index in [4.69, 9.17) is 5.11 Å². The van der Waals surface area contributed by atoms with Gasteiger partial charge in [0, 0.05) is 5.56 Å². The predicted octanol–water partition coefficient (Wildman–Crippen LogP) is 1.93. The summed E-state index contributed by atoms with van der Waals surface area (Å²) < 4.78 is 38.3. The molecule has 0 saturated carbocycles. The molecular weight excluding hydrogens is 185 g/mol. The Bertz CT molecular complexity index is 345. The molecule has 1 N–H and O–H groups in total. The smallest absolute Gasteiger partial charge is 0.173 e. The fraction of sp³-hybridized carbons (Fsp3) is 0.125. The van der Waals surface area contributed by atoms with E-state index in [1.54, 1.807) is 0 Å². The Labute approximate surface area is 71.6 Å². The third-order valence-corrected chi connectivity index (χ3v) is 1.67. The van der Waals surface area contributed by atoms with E-state index in [2.05, 4.69) is 0 Å². The average molecular weight is 190 g/mol. The van der Waals surface area contributed by atoms with Crippen molar-refractivity contribution < 1.29 is 23.1 Å². The van der Waals surface area contributed by atoms with Crippen LogP contribution in [0.3, 0.4) is 0 Å². The van der Waals surface area contributed by atoms with Gasteiger partial charge >= 0.3 is 0 Å². The fourth-order valence-corrected chi connectivity index (χ4v) is 0.887. The first-order valence-electron chi connectivity index (χ1n) is 3.31. The molecule has 70 valence electrons. The number of benzene rings is 1. The highest BCUT2D eigenvalue weighted by Gasteiger charge is 2.21. The molecule has 5 heteroatoms. The Morgan fingerprint density at radius 1 is 1.15 bits per heavy atom. The lowest BCUT2D eigenvalue weighted by molar-refractivity contribution is 0.111. The van der Waals surface area contributed by atoms with Crippen LogP contribution in [0.4, 0.5) is 13.2 Å². The summed E-state index contributed by atoms with van der Waals surface area (Å²) in [5, 5.41) is 8.87. The van der Waals surface area contributed by atoms with E-state index in [0.717, 1.165) is 6.92 Å². The summed E-state index contributed by atoms with van der Waals surface area (Å²) in [6.07, 6.45) is -0.143. The van der Waals surface area contributed by atoms with Gasteiger partial charge in [0.15, 0.2) is 29.5 Å². The van der Waals surface area contributed by atoms with Crippen LogP contribution < -0.4 is 0 Å². The molecule has 13 heavy (non-hydrogen) atoms. The molecule has 0 spiro atoms. The number of rotatable bonds is 1. The minimum absolute atomic E-state index is 0.143. The van der Waals surface area contributed by atoms with E-state index in [1.165, 1.54) is 0 Å². The molecule has 0 aliphatic heterocycles. The summed E-state index contributed by atoms with van der Waals surface area (Å²) in [6, 6.07) is 0. The Hall–Kier alpha value is -1.52. The van der Waals surface area contributed by atoms with E-state index >= 15 is 0 Å². The fourth-order valence-electron chi connectivity index (χ4n) is 0.887. The number of phenols is 1. The van der Waals surface area contributed by atoms with Gasteiger partial charge in [0.05, 0.1) is 5.56 Å². The van der Waals surface area contributed by atoms with Gasteiger partial charge in [-0.05, 0) is 6.92 Å². The largest absolute Gasteiger partial charge is 0.504 e. The first-order chi connectivity index (χ1) is 6.00. The van der Waals surface area contributed by atoms with Gasteiger partial charge in [-0.25, -0.2) is 13.2 Å². The van der Waals surface area contributed by atoms with Crippen LogP contribution in [0.2, 0.25) is 0 Å². The molecule has 0 unspecified atom stereocenters. The average Bonchev–Trinajstić information content (AvgIpc) is 2.13. The minimum Gasteiger partial charge on any atom is -0.504 e. The lowest BCUT2D eigenvalue weighted by atomic mass is 10.1. The van der Waals surface area contributed by atoms with Crippen molar-refractivity contribution in [3.05, 3.63) is 28.6 Å². The van der Waals surface area contributed by atoms with Gasteiger partial charge in [0.25, 0.3) is 0 Å². The topological polar surface area (TPSA) is 37.3 Å². The number of halogens is 3. The second-order valence-electron chi connectivity index (χ2n) is 2.45. The summed E-state index contributed by atoms with van der Waals surface area (Å²) >= 11 is 0. The van der Waals surface area contributed by atoms with Crippen molar-refractivity contribution in [1.82, 2.24) is 0 Å². The Morgan fingerprint density at radius 3 is 2.15 bits per heavy atom. The van der Waals surface area contributed by atoms with Gasteiger partial charge in [0.1, 0.15) is 0 Å². The van der Waals surface area contributed by atoms with E-state index in [0.29, 0.717) is 0 Å². The van der Waals surface area contributed by atoms with E-state index < -0.39 is 34.3 Å². The lowest BCUT2D eigenvalue weighted by Crippen LogP contribution is -2.00. The summed E-state index contributed by atoms with van der Waals surface area (Å²) in [5.41, 5.74) is -1.65. The van der Waals surface area contributed by atoms with Crippen molar-refractivity contribution in [2.24, 2.45) is 0 Å². The zero-order valence-corrected chi connectivity index (χ0v) is 6.57. The predicted molar refractivity (Wildman–Crippen MR) is 38.1 cm³/mol. The second-order valence-corrected chi connectivity index (χ2v) is 2.45. The highest BCUT2D eigenvalue weighted by atomic mass is 19.2. The molecule has 0 aliphatic rings. The summed E-state index contributed by atoms with van der Waals surface area (Å²) in [7, 11) is 0. The third kappa shape index (κ3) is 1.26. The number of aldehydes is 1. The quantitative estimate of drug-likeness (QED) is 0.542. The number of aromatic hydroxyl groups is 1. The first kappa shape index (κ1) is 9.57. The molecule has 1 rings (SSSR count). The maximum absolute atomic E-state index is 12.8. The molecule has 1 aromatic carbocycles. The monoisotopic (exact) mass is 190 g/mol. The summed E-state index contributed by atoms with van der Waals surface area (Å²) in [4.78, 5) is 10.1. The lowest BCUT2D eigenvalue weighted by Gasteiger charge is -2.05. The molecule has 0 heterocycles. The normalized spacial score (nSPS) is 10.2. The van der Waals surface area contributed by atoms with Crippen LogP contribution in [-0.2, 0) is 0 Å². The van der Waals surface area contributed by atoms with Gasteiger partial charge in [0.2, 0.25) is 0 Å². The second kappa shape index (κ2) is 3.08. The molecule has 0 amide bonds. The maximum Gasteiger partial charge on any atom is 0.173 e. The van der Waals surface area contributed by atoms with Gasteiger partial charge in [-0.15, -0.1) is 0 Å². The van der Waals surface area contributed by atoms with Crippen LogP contribution in [-0.4, -0.2) is 11.4 Å². The molecule has 2 nitrogen and oxygen atoms in total. The number of carbonyl (C=O) groups is 1. The number of hydrogen-bond donors (Lipinski definition) is 1. The maximum atomic E-state index is 12.8. The Balaban J connectivity index is 3.66. The summed E-state index contributed by atoms with van der Waals surface area (Å²) in [6.45, 7) is 0.960. The SMILES string of the molecule is Cc1c(F)c(O)c(C=O)c(F)c1F. The van der Waals surface area contributed by atoms with Gasteiger partial charge in [-0.1, -0.05) is 0 Å². The van der Waals surface area contributed by atoms with Crippen molar-refractivity contribution >= 4 is 6.29 Å². The number of carbonyl (C=O) groups excluding carboxylic acids is 1. The van der Waals surface area contributed by atoms with Crippen molar-refractivity contribution in [2.75, 3.05) is 0 Å². The van der Waals surface area contributed by atoms with Crippen LogP contribution >= 0.6 is 0 Å². The molecular formula is C8H5F3O2. The van der Waals surface area contributed by atoms with E-state index in [-0.39, 0.29) is 6.29 Å². The van der Waals surface area contributed by atoms with Gasteiger partial charge in [-0.2, -0.15) is 0 Å². The zero-order valence-electron chi connectivity index (χ0n) is 6.57. The van der Waals surface area contributed by atoms with Crippen LogP contribution in [0.15, 0.2) is 0 Å². The van der Waals surface area contributed by atoms with Crippen molar-refractivity contribution in [2.45, 2.75) is 6.92 Å². The molecule has 0 radical (unpaired) electrons. The third-order valence-electron chi connectivity index (χ3n) is 1.67. The standard InChI is InChI=1S/C8H5F3O2/c1-3-5(9)7(11)4(2-12)8(13)6(3)10/h2,13H,1H3. The van der Waals surface area contributed by atoms with Gasteiger partial charge < -0.3 is 5.11 Å². The van der Waals surface area contributed by atoms with Crippen LogP contribution in [0.25, 0.3) is 0 Å². The molecule has 0 fully saturated rings. The highest BCUT2D eigenvalue weighted by molar-refractivity contribution is 5.80. The molecule has 0 aromatic heterocycles. The minimum atomic E-state index is -1.54. The molecule has 0 bridgehead atoms. The molecule has 1 aromatic rings. The highest BCUT2D eigenvalue weighted by Crippen LogP contribution is 2.28. The van der Waals surface area contributed by atoms with Crippen molar-refractivity contribution in [1.29, 1.82) is 0 Å². The Kier molecular flexibility index (Phi) is 2.27. The van der Waals surface area contributed by atoms with Crippen LogP contribution in [0, 0.1) is 24.4 Å². The Morgan fingerprint density at radius 2 is 1.69 bits per heavy atom. The first-order valence-corrected chi connectivity index (χ1v) is 3.31. The molecule has 0 saturated heterocycles. The van der Waals surface area contributed by atoms with E-state index in [1.807, 2.05) is 0 Å². The van der Waals surface area contributed by atoms with Gasteiger partial charge in [-0.3, -0.25) is 4.79 Å². The van der Waals surface area contributed by atoms with Crippen LogP contribution in [0.5, 0.6) is 5.75 Å². The number of phenolic OH excluding ortho intramolecular Hbond substituents is 1. The molecule has 0 aliphatic carbocycles. The van der Waals surface area contributed by atoms with Crippen LogP contribution in [0.1, 0.15) is 15.9 Å². The van der Waals surface area contributed by atoms with Crippen molar-refractivity contribution in [3.63, 3.8) is 0 Å². The van der Waals surface area contributed by atoms with E-state index in [9.17, 15) is 18.0 Å².